The van der Waals surface area contributed by atoms with E-state index < -0.39 is 17.7 Å². The fourth-order valence-electron chi connectivity index (χ4n) is 4.00. The van der Waals surface area contributed by atoms with Crippen LogP contribution in [0.4, 0.5) is 10.5 Å². The van der Waals surface area contributed by atoms with Crippen LogP contribution in [0.5, 0.6) is 6.01 Å². The molecule has 0 radical (unpaired) electrons. The highest BCUT2D eigenvalue weighted by Crippen LogP contribution is 2.21. The van der Waals surface area contributed by atoms with Crippen LogP contribution >= 0.6 is 0 Å². The van der Waals surface area contributed by atoms with Gasteiger partial charge in [-0.15, -0.1) is 0 Å². The van der Waals surface area contributed by atoms with Gasteiger partial charge in [0.2, 0.25) is 5.91 Å². The molecule has 2 aliphatic rings. The smallest absolute Gasteiger partial charge is 0.408 e. The number of hydrogen-bond acceptors (Lipinski definition) is 7. The topological polar surface area (TPSA) is 96.9 Å². The number of nitrogens with one attached hydrogen (secondary N) is 1. The van der Waals surface area contributed by atoms with Crippen molar-refractivity contribution in [3.05, 3.63) is 12.4 Å². The van der Waals surface area contributed by atoms with Crippen LogP contribution in [-0.2, 0) is 9.53 Å². The first-order valence-electron chi connectivity index (χ1n) is 11.6. The molecule has 3 rings (SSSR count). The van der Waals surface area contributed by atoms with Gasteiger partial charge in [0.05, 0.1) is 18.1 Å². The molecular weight excluding hydrogens is 410 g/mol. The number of likely N-dealkylation sites (tertiary alicyclic amines) is 1. The van der Waals surface area contributed by atoms with Crippen LogP contribution < -0.4 is 15.0 Å². The molecule has 0 spiro atoms. The standard InChI is InChI=1S/C23H37N5O4/c1-16(2)19(26-22(30)32-23(3,4)5)20(29)28-12-8-18(9-13-28)31-21-24-14-17(15-25-21)27-10-6-7-11-27/h14-16,18-19H,6-13H2,1-5H3,(H,26,30)/t19-/m0/s1. The van der Waals surface area contributed by atoms with Crippen LogP contribution in [0.25, 0.3) is 0 Å². The molecule has 2 fully saturated rings. The Morgan fingerprint density at radius 3 is 2.19 bits per heavy atom. The van der Waals surface area contributed by atoms with Gasteiger partial charge in [-0.2, -0.15) is 0 Å². The Kier molecular flexibility index (Phi) is 7.79. The molecular formula is C23H37N5O4. The third kappa shape index (κ3) is 6.71. The third-order valence-corrected chi connectivity index (χ3v) is 5.72. The Morgan fingerprint density at radius 1 is 1.06 bits per heavy atom. The Hall–Kier alpha value is -2.58. The maximum absolute atomic E-state index is 13.1. The molecule has 2 saturated heterocycles. The van der Waals surface area contributed by atoms with Crippen molar-refractivity contribution in [2.24, 2.45) is 5.92 Å². The molecule has 9 heteroatoms. The number of rotatable bonds is 6. The number of alkyl carbamates (subject to hydrolysis) is 1. The summed E-state index contributed by atoms with van der Waals surface area (Å²) in [5.41, 5.74) is 0.423. The molecule has 3 heterocycles. The van der Waals surface area contributed by atoms with Crippen molar-refractivity contribution in [3.63, 3.8) is 0 Å². The van der Waals surface area contributed by atoms with Crippen molar-refractivity contribution in [3.8, 4) is 6.01 Å². The van der Waals surface area contributed by atoms with Gasteiger partial charge in [-0.25, -0.2) is 14.8 Å². The van der Waals surface area contributed by atoms with Crippen molar-refractivity contribution in [1.82, 2.24) is 20.2 Å². The molecule has 0 aromatic carbocycles. The first-order chi connectivity index (χ1) is 15.1. The molecule has 1 atom stereocenters. The normalized spacial score (nSPS) is 18.6. The summed E-state index contributed by atoms with van der Waals surface area (Å²) in [5, 5.41) is 2.74. The monoisotopic (exact) mass is 447 g/mol. The Labute approximate surface area is 190 Å². The van der Waals surface area contributed by atoms with Gasteiger partial charge in [-0.3, -0.25) is 4.79 Å². The molecule has 1 N–H and O–H groups in total. The molecule has 178 valence electrons. The van der Waals surface area contributed by atoms with Gasteiger partial charge < -0.3 is 24.6 Å². The lowest BCUT2D eigenvalue weighted by atomic mass is 10.0. The van der Waals surface area contributed by atoms with Gasteiger partial charge in [0, 0.05) is 39.0 Å². The fraction of sp³-hybridized carbons (Fsp3) is 0.739. The van der Waals surface area contributed by atoms with Crippen molar-refractivity contribution >= 4 is 17.7 Å². The van der Waals surface area contributed by atoms with E-state index in [1.807, 2.05) is 26.2 Å². The van der Waals surface area contributed by atoms with E-state index in [0.717, 1.165) is 18.8 Å². The number of hydrogen-bond donors (Lipinski definition) is 1. The van der Waals surface area contributed by atoms with E-state index in [2.05, 4.69) is 20.2 Å². The predicted octanol–water partition coefficient (Wildman–Crippen LogP) is 3.00. The van der Waals surface area contributed by atoms with Crippen LogP contribution in [0.1, 0.15) is 60.3 Å². The zero-order valence-corrected chi connectivity index (χ0v) is 20.0. The Bertz CT molecular complexity index is 764. The second kappa shape index (κ2) is 10.4. The molecule has 2 amide bonds. The molecule has 1 aromatic heterocycles. The molecule has 0 saturated carbocycles. The van der Waals surface area contributed by atoms with Crippen LogP contribution in [0.2, 0.25) is 0 Å². The SMILES string of the molecule is CC(C)[C@H](NC(=O)OC(C)(C)C)C(=O)N1CCC(Oc2ncc(N3CCCC3)cn2)CC1. The zero-order valence-electron chi connectivity index (χ0n) is 20.0. The van der Waals surface area contributed by atoms with Crippen LogP contribution in [-0.4, -0.2) is 70.8 Å². The number of carbonyl (C=O) groups is 2. The summed E-state index contributed by atoms with van der Waals surface area (Å²) in [6.07, 6.45) is 6.84. The average Bonchev–Trinajstić information content (AvgIpc) is 3.26. The summed E-state index contributed by atoms with van der Waals surface area (Å²) >= 11 is 0. The Balaban J connectivity index is 1.49. The third-order valence-electron chi connectivity index (χ3n) is 5.72. The van der Waals surface area contributed by atoms with Gasteiger partial charge in [0.25, 0.3) is 0 Å². The minimum Gasteiger partial charge on any atom is -0.460 e. The van der Waals surface area contributed by atoms with Gasteiger partial charge >= 0.3 is 12.1 Å². The largest absolute Gasteiger partial charge is 0.460 e. The molecule has 0 unspecified atom stereocenters. The van der Waals surface area contributed by atoms with Gasteiger partial charge in [0.15, 0.2) is 0 Å². The van der Waals surface area contributed by atoms with E-state index in [-0.39, 0.29) is 17.9 Å². The lowest BCUT2D eigenvalue weighted by Crippen LogP contribution is -2.54. The minimum atomic E-state index is -0.621. The van der Waals surface area contributed by atoms with E-state index in [9.17, 15) is 9.59 Å². The summed E-state index contributed by atoms with van der Waals surface area (Å²) in [7, 11) is 0. The van der Waals surface area contributed by atoms with E-state index >= 15 is 0 Å². The van der Waals surface area contributed by atoms with E-state index in [4.69, 9.17) is 9.47 Å². The Morgan fingerprint density at radius 2 is 1.66 bits per heavy atom. The van der Waals surface area contributed by atoms with Gasteiger partial charge in [0.1, 0.15) is 17.7 Å². The molecule has 32 heavy (non-hydrogen) atoms. The van der Waals surface area contributed by atoms with Crippen LogP contribution in [0, 0.1) is 5.92 Å². The summed E-state index contributed by atoms with van der Waals surface area (Å²) in [6, 6.07) is -0.242. The predicted molar refractivity (Wildman–Crippen MR) is 122 cm³/mol. The zero-order chi connectivity index (χ0) is 23.3. The first-order valence-corrected chi connectivity index (χ1v) is 11.6. The number of amides is 2. The highest BCUT2D eigenvalue weighted by molar-refractivity contribution is 5.86. The highest BCUT2D eigenvalue weighted by atomic mass is 16.6. The van der Waals surface area contributed by atoms with Crippen LogP contribution in [0.15, 0.2) is 12.4 Å². The van der Waals surface area contributed by atoms with Gasteiger partial charge in [-0.05, 0) is 39.5 Å². The van der Waals surface area contributed by atoms with Crippen LogP contribution in [0.3, 0.4) is 0 Å². The molecule has 9 nitrogen and oxygen atoms in total. The van der Waals surface area contributed by atoms with Crippen molar-refractivity contribution < 1.29 is 19.1 Å². The first kappa shape index (κ1) is 24.1. The lowest BCUT2D eigenvalue weighted by Gasteiger charge is -2.35. The fourth-order valence-corrected chi connectivity index (χ4v) is 4.00. The second-order valence-electron chi connectivity index (χ2n) is 9.93. The molecule has 0 aliphatic carbocycles. The number of nitrogens with zero attached hydrogens (tertiary/aromatic N) is 4. The summed E-state index contributed by atoms with van der Waals surface area (Å²) in [6.45, 7) is 12.5. The van der Waals surface area contributed by atoms with Crippen molar-refractivity contribution in [2.45, 2.75) is 78.0 Å². The molecule has 2 aliphatic heterocycles. The number of carbonyl (C=O) groups excluding carboxylic acids is 2. The lowest BCUT2D eigenvalue weighted by molar-refractivity contribution is -0.136. The van der Waals surface area contributed by atoms with E-state index in [0.29, 0.717) is 31.9 Å². The number of ether oxygens (including phenoxy) is 2. The summed E-state index contributed by atoms with van der Waals surface area (Å²) in [4.78, 5) is 38.0. The van der Waals surface area contributed by atoms with E-state index in [1.165, 1.54) is 12.8 Å². The molecule has 1 aromatic rings. The molecule has 0 bridgehead atoms. The quantitative estimate of drug-likeness (QED) is 0.716. The van der Waals surface area contributed by atoms with Gasteiger partial charge in [-0.1, -0.05) is 13.8 Å². The van der Waals surface area contributed by atoms with Crippen molar-refractivity contribution in [1.29, 1.82) is 0 Å². The van der Waals surface area contributed by atoms with Crippen molar-refractivity contribution in [2.75, 3.05) is 31.1 Å². The average molecular weight is 448 g/mol. The summed E-state index contributed by atoms with van der Waals surface area (Å²) in [5.74, 6) is -0.137. The second-order valence-corrected chi connectivity index (χ2v) is 9.93. The summed E-state index contributed by atoms with van der Waals surface area (Å²) < 4.78 is 11.3. The maximum Gasteiger partial charge on any atom is 0.408 e. The maximum atomic E-state index is 13.1. The minimum absolute atomic E-state index is 0.0343. The van der Waals surface area contributed by atoms with E-state index in [1.54, 1.807) is 25.7 Å². The highest BCUT2D eigenvalue weighted by Gasteiger charge is 2.33. The number of aromatic nitrogens is 2. The number of piperidine rings is 1. The number of anilines is 1.